The Hall–Kier alpha value is -1.26. The van der Waals surface area contributed by atoms with Crippen LogP contribution in [0.5, 0.6) is 0 Å². The molecule has 25 heavy (non-hydrogen) atoms. The number of hydrogen-bond donors (Lipinski definition) is 2. The fourth-order valence-corrected chi connectivity index (χ4v) is 4.57. The molecule has 0 aromatic heterocycles. The highest BCUT2D eigenvalue weighted by atomic mass is 16.5. The Bertz CT molecular complexity index is 547. The van der Waals surface area contributed by atoms with Crippen LogP contribution in [0.3, 0.4) is 0 Å². The number of morpholine rings is 1. The van der Waals surface area contributed by atoms with E-state index < -0.39 is 0 Å². The normalized spacial score (nSPS) is 30.4. The third-order valence-electron chi connectivity index (χ3n) is 5.71. The average molecular weight is 346 g/mol. The minimum Gasteiger partial charge on any atom is -0.385 e. The van der Waals surface area contributed by atoms with Crippen LogP contribution in [0.4, 0.5) is 11.4 Å². The van der Waals surface area contributed by atoms with E-state index in [1.54, 1.807) is 0 Å². The molecule has 2 atom stereocenters. The maximum Gasteiger partial charge on any atom is 0.0726 e. The smallest absolute Gasteiger partial charge is 0.0726 e. The van der Waals surface area contributed by atoms with Gasteiger partial charge in [0.1, 0.15) is 0 Å². The van der Waals surface area contributed by atoms with Gasteiger partial charge < -0.3 is 20.7 Å². The van der Waals surface area contributed by atoms with Crippen LogP contribution in [0.2, 0.25) is 0 Å². The minimum absolute atomic E-state index is 0.290. The van der Waals surface area contributed by atoms with Crippen molar-refractivity contribution in [2.24, 2.45) is 11.7 Å². The summed E-state index contributed by atoms with van der Waals surface area (Å²) in [7, 11) is 0. The van der Waals surface area contributed by atoms with Gasteiger partial charge in [-0.15, -0.1) is 0 Å². The van der Waals surface area contributed by atoms with Gasteiger partial charge in [-0.25, -0.2) is 0 Å². The summed E-state index contributed by atoms with van der Waals surface area (Å²) < 4.78 is 5.89. The van der Waals surface area contributed by atoms with Crippen molar-refractivity contribution in [3.8, 4) is 0 Å². The number of nitrogens with zero attached hydrogens (tertiary/aromatic N) is 1. The van der Waals surface area contributed by atoms with Gasteiger partial charge in [-0.05, 0) is 82.6 Å². The summed E-state index contributed by atoms with van der Waals surface area (Å²) in [5.74, 6) is 0.765. The standard InChI is InChI=1S/C21H35N3O/c1-14-9-20(23-11-18-5-7-19(22)8-6-18)10-15(2)21(14)24-12-16(3)25-17(4)13-24/h9-10,16-19,23H,5-8,11-13,22H2,1-4H3/t16-,17+,18?,19?. The molecule has 3 N–H and O–H groups in total. The molecule has 4 heteroatoms. The third-order valence-corrected chi connectivity index (χ3v) is 5.71. The van der Waals surface area contributed by atoms with Crippen LogP contribution in [0.15, 0.2) is 12.1 Å². The van der Waals surface area contributed by atoms with Crippen LogP contribution in [0.1, 0.15) is 50.7 Å². The van der Waals surface area contributed by atoms with Crippen LogP contribution in [0.25, 0.3) is 0 Å². The van der Waals surface area contributed by atoms with Crippen LogP contribution in [-0.4, -0.2) is 37.9 Å². The zero-order chi connectivity index (χ0) is 18.0. The van der Waals surface area contributed by atoms with Gasteiger partial charge in [0.2, 0.25) is 0 Å². The molecule has 140 valence electrons. The Balaban J connectivity index is 1.65. The van der Waals surface area contributed by atoms with E-state index in [1.165, 1.54) is 48.2 Å². The number of ether oxygens (including phenoxy) is 1. The van der Waals surface area contributed by atoms with E-state index in [0.717, 1.165) is 25.6 Å². The van der Waals surface area contributed by atoms with E-state index in [0.29, 0.717) is 6.04 Å². The molecule has 0 amide bonds. The molecular weight excluding hydrogens is 310 g/mol. The summed E-state index contributed by atoms with van der Waals surface area (Å²) in [4.78, 5) is 2.50. The zero-order valence-electron chi connectivity index (χ0n) is 16.3. The topological polar surface area (TPSA) is 50.5 Å². The van der Waals surface area contributed by atoms with Crippen molar-refractivity contribution in [1.29, 1.82) is 0 Å². The van der Waals surface area contributed by atoms with Gasteiger partial charge >= 0.3 is 0 Å². The zero-order valence-corrected chi connectivity index (χ0v) is 16.3. The Morgan fingerprint density at radius 3 is 2.16 bits per heavy atom. The van der Waals surface area contributed by atoms with Crippen molar-refractivity contribution in [2.45, 2.75) is 71.6 Å². The van der Waals surface area contributed by atoms with E-state index in [9.17, 15) is 0 Å². The second-order valence-corrected chi connectivity index (χ2v) is 8.28. The molecule has 0 unspecified atom stereocenters. The van der Waals surface area contributed by atoms with Crippen LogP contribution < -0.4 is 16.0 Å². The number of nitrogens with two attached hydrogens (primary N) is 1. The summed E-state index contributed by atoms with van der Waals surface area (Å²) in [6, 6.07) is 5.04. The van der Waals surface area contributed by atoms with Gasteiger partial charge in [0, 0.05) is 37.1 Å². The largest absolute Gasteiger partial charge is 0.385 e. The van der Waals surface area contributed by atoms with Crippen LogP contribution in [0, 0.1) is 19.8 Å². The Morgan fingerprint density at radius 2 is 1.60 bits per heavy atom. The van der Waals surface area contributed by atoms with Crippen molar-refractivity contribution < 1.29 is 4.74 Å². The van der Waals surface area contributed by atoms with Gasteiger partial charge in [0.05, 0.1) is 12.2 Å². The lowest BCUT2D eigenvalue weighted by molar-refractivity contribution is -0.00527. The van der Waals surface area contributed by atoms with E-state index >= 15 is 0 Å². The molecular formula is C21H35N3O. The first kappa shape index (κ1) is 18.5. The molecule has 0 bridgehead atoms. The Labute approximate surface area is 153 Å². The summed E-state index contributed by atoms with van der Waals surface area (Å²) in [5.41, 5.74) is 11.4. The lowest BCUT2D eigenvalue weighted by atomic mass is 9.86. The van der Waals surface area contributed by atoms with Crippen molar-refractivity contribution in [3.05, 3.63) is 23.3 Å². The van der Waals surface area contributed by atoms with Crippen molar-refractivity contribution in [1.82, 2.24) is 0 Å². The van der Waals surface area contributed by atoms with Gasteiger partial charge in [0.15, 0.2) is 0 Å². The maximum absolute atomic E-state index is 6.02. The quantitative estimate of drug-likeness (QED) is 0.870. The summed E-state index contributed by atoms with van der Waals surface area (Å²) in [6.07, 6.45) is 5.45. The number of nitrogens with one attached hydrogen (secondary N) is 1. The number of rotatable bonds is 4. The molecule has 2 aliphatic rings. The highest BCUT2D eigenvalue weighted by Gasteiger charge is 2.25. The fraction of sp³-hybridized carbons (Fsp3) is 0.714. The first-order valence-corrected chi connectivity index (χ1v) is 9.93. The lowest BCUT2D eigenvalue weighted by Gasteiger charge is -2.38. The van der Waals surface area contributed by atoms with E-state index in [1.807, 2.05) is 0 Å². The summed E-state index contributed by atoms with van der Waals surface area (Å²) in [6.45, 7) is 11.8. The average Bonchev–Trinajstić information content (AvgIpc) is 2.53. The molecule has 4 nitrogen and oxygen atoms in total. The number of anilines is 2. The van der Waals surface area contributed by atoms with Gasteiger partial charge in [-0.3, -0.25) is 0 Å². The second kappa shape index (κ2) is 7.96. The fourth-order valence-electron chi connectivity index (χ4n) is 4.57. The molecule has 1 saturated carbocycles. The summed E-state index contributed by atoms with van der Waals surface area (Å²) in [5, 5.41) is 3.67. The van der Waals surface area contributed by atoms with E-state index in [4.69, 9.17) is 10.5 Å². The highest BCUT2D eigenvalue weighted by Crippen LogP contribution is 2.31. The first-order chi connectivity index (χ1) is 11.9. The number of benzene rings is 1. The summed E-state index contributed by atoms with van der Waals surface area (Å²) >= 11 is 0. The molecule has 1 heterocycles. The predicted molar refractivity (Wildman–Crippen MR) is 107 cm³/mol. The highest BCUT2D eigenvalue weighted by molar-refractivity contribution is 5.66. The Kier molecular flexibility index (Phi) is 5.90. The number of aryl methyl sites for hydroxylation is 2. The van der Waals surface area contributed by atoms with Gasteiger partial charge in [-0.2, -0.15) is 0 Å². The molecule has 3 rings (SSSR count). The van der Waals surface area contributed by atoms with Crippen molar-refractivity contribution >= 4 is 11.4 Å². The van der Waals surface area contributed by atoms with Crippen LogP contribution in [-0.2, 0) is 4.74 Å². The molecule has 0 radical (unpaired) electrons. The molecule has 1 saturated heterocycles. The molecule has 1 aliphatic heterocycles. The van der Waals surface area contributed by atoms with Crippen LogP contribution >= 0.6 is 0 Å². The molecule has 1 aliphatic carbocycles. The predicted octanol–water partition coefficient (Wildman–Crippen LogP) is 3.85. The van der Waals surface area contributed by atoms with Gasteiger partial charge in [0.25, 0.3) is 0 Å². The monoisotopic (exact) mass is 345 g/mol. The SMILES string of the molecule is Cc1cc(NCC2CCC(N)CC2)cc(C)c1N1C[C@@H](C)O[C@@H](C)C1. The lowest BCUT2D eigenvalue weighted by Crippen LogP contribution is -2.46. The third kappa shape index (κ3) is 4.68. The molecule has 1 aromatic carbocycles. The molecule has 2 fully saturated rings. The van der Waals surface area contributed by atoms with Gasteiger partial charge in [-0.1, -0.05) is 0 Å². The van der Waals surface area contributed by atoms with E-state index in [-0.39, 0.29) is 12.2 Å². The van der Waals surface area contributed by atoms with Crippen molar-refractivity contribution in [2.75, 3.05) is 29.9 Å². The first-order valence-electron chi connectivity index (χ1n) is 9.93. The Morgan fingerprint density at radius 1 is 1.04 bits per heavy atom. The van der Waals surface area contributed by atoms with Crippen molar-refractivity contribution in [3.63, 3.8) is 0 Å². The second-order valence-electron chi connectivity index (χ2n) is 8.28. The minimum atomic E-state index is 0.290. The van der Waals surface area contributed by atoms with E-state index in [2.05, 4.69) is 50.0 Å². The molecule has 0 spiro atoms. The molecule has 1 aromatic rings. The number of hydrogen-bond acceptors (Lipinski definition) is 4. The maximum atomic E-state index is 6.02.